The summed E-state index contributed by atoms with van der Waals surface area (Å²) in [6.07, 6.45) is 5.14. The molecule has 1 aromatic heterocycles. The summed E-state index contributed by atoms with van der Waals surface area (Å²) >= 11 is 0.783. The summed E-state index contributed by atoms with van der Waals surface area (Å²) in [4.78, 5) is 50.8. The summed E-state index contributed by atoms with van der Waals surface area (Å²) in [6, 6.07) is 9.60. The number of thioether (sulfide) groups is 1. The molecule has 2 fully saturated rings. The van der Waals surface area contributed by atoms with E-state index >= 15 is 0 Å². The highest BCUT2D eigenvalue weighted by Gasteiger charge is 2.37. The van der Waals surface area contributed by atoms with Gasteiger partial charge in [-0.25, -0.2) is 0 Å². The maximum absolute atomic E-state index is 12.7. The van der Waals surface area contributed by atoms with Crippen LogP contribution in [-0.2, 0) is 9.59 Å². The van der Waals surface area contributed by atoms with Crippen molar-refractivity contribution in [1.29, 1.82) is 0 Å². The summed E-state index contributed by atoms with van der Waals surface area (Å²) in [6.45, 7) is 1.05. The van der Waals surface area contributed by atoms with Crippen molar-refractivity contribution in [2.24, 2.45) is 0 Å². The number of carbonyl (C=O) groups excluding carboxylic acids is 3. The smallest absolute Gasteiger partial charge is 0.294 e. The van der Waals surface area contributed by atoms with Gasteiger partial charge >= 0.3 is 0 Å². The topological polar surface area (TPSA) is 106 Å². The lowest BCUT2D eigenvalue weighted by Crippen LogP contribution is -2.40. The minimum absolute atomic E-state index is 0.0482. The molecule has 154 valence electrons. The number of nitrogens with zero attached hydrogens (tertiary/aromatic N) is 4. The van der Waals surface area contributed by atoms with E-state index in [0.717, 1.165) is 29.5 Å². The zero-order valence-electron chi connectivity index (χ0n) is 15.9. The number of aromatic nitrogens is 1. The Kier molecular flexibility index (Phi) is 5.40. The number of amides is 3. The van der Waals surface area contributed by atoms with Gasteiger partial charge in [-0.1, -0.05) is 6.07 Å². The third-order valence-corrected chi connectivity index (χ3v) is 5.91. The molecule has 9 nitrogen and oxygen atoms in total. The molecular formula is C20H18N4O5S. The van der Waals surface area contributed by atoms with Gasteiger partial charge in [0.05, 0.1) is 15.5 Å². The highest BCUT2D eigenvalue weighted by molar-refractivity contribution is 8.18. The van der Waals surface area contributed by atoms with Gasteiger partial charge in [-0.3, -0.25) is 29.4 Å². The maximum atomic E-state index is 12.7. The normalized spacial score (nSPS) is 17.9. The SMILES string of the molecule is O=C(CN1C(=O)S/C(=C\c2cccn2-c2cccc([N+](=O)[O-])c2)C1=O)N1CCCC1. The fourth-order valence-corrected chi connectivity index (χ4v) is 4.30. The lowest BCUT2D eigenvalue weighted by molar-refractivity contribution is -0.384. The van der Waals surface area contributed by atoms with E-state index in [1.807, 2.05) is 0 Å². The van der Waals surface area contributed by atoms with Crippen molar-refractivity contribution in [2.75, 3.05) is 19.6 Å². The number of likely N-dealkylation sites (tertiary alicyclic amines) is 1. The molecule has 0 atom stereocenters. The molecular weight excluding hydrogens is 408 g/mol. The molecule has 0 bridgehead atoms. The third kappa shape index (κ3) is 3.86. The van der Waals surface area contributed by atoms with Crippen LogP contribution in [0.15, 0.2) is 47.5 Å². The van der Waals surface area contributed by atoms with E-state index in [0.29, 0.717) is 24.5 Å². The van der Waals surface area contributed by atoms with E-state index in [-0.39, 0.29) is 23.0 Å². The zero-order chi connectivity index (χ0) is 21.3. The molecule has 2 saturated heterocycles. The number of benzene rings is 1. The standard InChI is InChI=1S/C20H18N4O5S/c25-18(21-8-1-2-9-21)13-23-19(26)17(30-20(23)27)12-15-7-4-10-22(15)14-5-3-6-16(11-14)24(28)29/h3-7,10-12H,1-2,8-9,13H2/b17-12-. The predicted octanol–water partition coefficient (Wildman–Crippen LogP) is 3.04. The number of non-ortho nitro benzene ring substituents is 1. The molecule has 30 heavy (non-hydrogen) atoms. The molecule has 10 heteroatoms. The first-order valence-electron chi connectivity index (χ1n) is 9.39. The number of nitro groups is 1. The largest absolute Gasteiger partial charge is 0.341 e. The van der Waals surface area contributed by atoms with Crippen LogP contribution in [0.1, 0.15) is 18.5 Å². The lowest BCUT2D eigenvalue weighted by atomic mass is 10.2. The number of hydrogen-bond acceptors (Lipinski definition) is 6. The molecule has 2 aliphatic heterocycles. The number of hydrogen-bond donors (Lipinski definition) is 0. The molecule has 0 radical (unpaired) electrons. The van der Waals surface area contributed by atoms with Gasteiger partial charge in [-0.15, -0.1) is 0 Å². The summed E-state index contributed by atoms with van der Waals surface area (Å²) < 4.78 is 1.69. The number of rotatable bonds is 5. The van der Waals surface area contributed by atoms with Crippen LogP contribution in [0.4, 0.5) is 10.5 Å². The Bertz CT molecular complexity index is 1070. The zero-order valence-corrected chi connectivity index (χ0v) is 16.7. The minimum Gasteiger partial charge on any atom is -0.341 e. The van der Waals surface area contributed by atoms with Gasteiger partial charge in [-0.05, 0) is 48.9 Å². The molecule has 3 amide bonds. The molecule has 0 saturated carbocycles. The molecule has 0 aliphatic carbocycles. The Morgan fingerprint density at radius 2 is 1.93 bits per heavy atom. The second-order valence-corrected chi connectivity index (χ2v) is 7.93. The summed E-state index contributed by atoms with van der Waals surface area (Å²) in [5.74, 6) is -0.736. The van der Waals surface area contributed by atoms with Crippen LogP contribution in [-0.4, -0.2) is 56.0 Å². The number of carbonyl (C=O) groups is 3. The Balaban J connectivity index is 1.56. The van der Waals surface area contributed by atoms with Crippen LogP contribution >= 0.6 is 11.8 Å². The molecule has 0 N–H and O–H groups in total. The van der Waals surface area contributed by atoms with Crippen LogP contribution in [0.3, 0.4) is 0 Å². The summed E-state index contributed by atoms with van der Waals surface area (Å²) in [5.41, 5.74) is 1.10. The number of nitro benzene ring substituents is 1. The number of imide groups is 1. The third-order valence-electron chi connectivity index (χ3n) is 5.00. The van der Waals surface area contributed by atoms with Gasteiger partial charge in [0.15, 0.2) is 0 Å². The van der Waals surface area contributed by atoms with Crippen molar-refractivity contribution >= 4 is 40.6 Å². The van der Waals surface area contributed by atoms with Gasteiger partial charge in [0.25, 0.3) is 16.8 Å². The molecule has 1 aromatic carbocycles. The van der Waals surface area contributed by atoms with Gasteiger partial charge in [0.1, 0.15) is 6.54 Å². The lowest BCUT2D eigenvalue weighted by Gasteiger charge is -2.18. The van der Waals surface area contributed by atoms with Crippen LogP contribution < -0.4 is 0 Å². The summed E-state index contributed by atoms with van der Waals surface area (Å²) in [7, 11) is 0. The average molecular weight is 426 g/mol. The fourth-order valence-electron chi connectivity index (χ4n) is 3.48. The molecule has 4 rings (SSSR count). The van der Waals surface area contributed by atoms with E-state index < -0.39 is 16.1 Å². The van der Waals surface area contributed by atoms with E-state index in [1.165, 1.54) is 12.1 Å². The monoisotopic (exact) mass is 426 g/mol. The molecule has 3 heterocycles. The van der Waals surface area contributed by atoms with E-state index in [1.54, 1.807) is 46.0 Å². The van der Waals surface area contributed by atoms with Crippen LogP contribution in [0, 0.1) is 10.1 Å². The molecule has 2 aliphatic rings. The second-order valence-electron chi connectivity index (χ2n) is 6.94. The minimum atomic E-state index is -0.510. The maximum Gasteiger partial charge on any atom is 0.294 e. The Hall–Kier alpha value is -3.40. The highest BCUT2D eigenvalue weighted by atomic mass is 32.2. The summed E-state index contributed by atoms with van der Waals surface area (Å²) in [5, 5.41) is 10.6. The predicted molar refractivity (Wildman–Crippen MR) is 111 cm³/mol. The van der Waals surface area contributed by atoms with E-state index in [9.17, 15) is 24.5 Å². The van der Waals surface area contributed by atoms with Crippen molar-refractivity contribution in [1.82, 2.24) is 14.4 Å². The van der Waals surface area contributed by atoms with Crippen molar-refractivity contribution in [3.8, 4) is 5.69 Å². The quantitative estimate of drug-likeness (QED) is 0.413. The van der Waals surface area contributed by atoms with Crippen molar-refractivity contribution < 1.29 is 19.3 Å². The average Bonchev–Trinajstić information content (AvgIpc) is 3.47. The molecule has 2 aromatic rings. The highest BCUT2D eigenvalue weighted by Crippen LogP contribution is 2.33. The Morgan fingerprint density at radius 3 is 2.67 bits per heavy atom. The first-order valence-corrected chi connectivity index (χ1v) is 10.2. The first-order chi connectivity index (χ1) is 14.4. The Morgan fingerprint density at radius 1 is 1.17 bits per heavy atom. The van der Waals surface area contributed by atoms with E-state index in [2.05, 4.69) is 0 Å². The van der Waals surface area contributed by atoms with Gasteiger partial charge < -0.3 is 9.47 Å². The van der Waals surface area contributed by atoms with Crippen molar-refractivity contribution in [3.63, 3.8) is 0 Å². The van der Waals surface area contributed by atoms with Crippen LogP contribution in [0.25, 0.3) is 11.8 Å². The molecule has 0 unspecified atom stereocenters. The van der Waals surface area contributed by atoms with Crippen LogP contribution in [0.5, 0.6) is 0 Å². The van der Waals surface area contributed by atoms with Gasteiger partial charge in [0.2, 0.25) is 5.91 Å². The van der Waals surface area contributed by atoms with E-state index in [4.69, 9.17) is 0 Å². The Labute approximate surface area is 176 Å². The van der Waals surface area contributed by atoms with Gasteiger partial charge in [-0.2, -0.15) is 0 Å². The van der Waals surface area contributed by atoms with Crippen molar-refractivity contribution in [3.05, 3.63) is 63.3 Å². The van der Waals surface area contributed by atoms with Crippen LogP contribution in [0.2, 0.25) is 0 Å². The molecule has 0 spiro atoms. The van der Waals surface area contributed by atoms with Gasteiger partial charge in [0, 0.05) is 37.1 Å². The first kappa shape index (κ1) is 19.9. The fraction of sp³-hybridized carbons (Fsp3) is 0.250. The van der Waals surface area contributed by atoms with Crippen molar-refractivity contribution in [2.45, 2.75) is 12.8 Å². The second kappa shape index (κ2) is 8.15.